The Hall–Kier alpha value is -0.490. The Morgan fingerprint density at radius 3 is 2.29 bits per heavy atom. The number of benzene rings is 1. The van der Waals surface area contributed by atoms with Crippen LogP contribution in [0, 0.1) is 5.92 Å². The molecule has 0 spiro atoms. The first kappa shape index (κ1) is 14.6. The van der Waals surface area contributed by atoms with E-state index in [1.807, 2.05) is 6.07 Å². The first-order valence-corrected chi connectivity index (χ1v) is 7.38. The maximum absolute atomic E-state index is 6.50. The van der Waals surface area contributed by atoms with Crippen LogP contribution in [0.4, 0.5) is 0 Å². The van der Waals surface area contributed by atoms with Crippen LogP contribution in [-0.2, 0) is 0 Å². The van der Waals surface area contributed by atoms with Crippen molar-refractivity contribution in [3.05, 3.63) is 35.9 Å². The highest BCUT2D eigenvalue weighted by Crippen LogP contribution is 2.31. The molecule has 0 N–H and O–H groups in total. The van der Waals surface area contributed by atoms with Crippen LogP contribution in [0.2, 0.25) is 0 Å². The lowest BCUT2D eigenvalue weighted by Gasteiger charge is -2.18. The van der Waals surface area contributed by atoms with Crippen LogP contribution < -0.4 is 0 Å². The average Bonchev–Trinajstić information content (AvgIpc) is 2.38. The average molecular weight is 253 g/mol. The first-order valence-electron chi connectivity index (χ1n) is 6.94. The molecule has 0 radical (unpaired) electrons. The number of rotatable bonds is 8. The first-order chi connectivity index (χ1) is 8.25. The summed E-state index contributed by atoms with van der Waals surface area (Å²) in [6.45, 7) is 4.53. The molecule has 0 aromatic heterocycles. The van der Waals surface area contributed by atoms with Gasteiger partial charge in [-0.05, 0) is 17.9 Å². The summed E-state index contributed by atoms with van der Waals surface area (Å²) in [4.78, 5) is 0. The molecule has 0 aliphatic heterocycles. The van der Waals surface area contributed by atoms with Crippen molar-refractivity contribution in [2.24, 2.45) is 5.92 Å². The van der Waals surface area contributed by atoms with E-state index in [1.165, 1.54) is 44.1 Å². The highest BCUT2D eigenvalue weighted by Gasteiger charge is 2.15. The molecule has 96 valence electrons. The van der Waals surface area contributed by atoms with Crippen molar-refractivity contribution in [1.29, 1.82) is 0 Å². The van der Waals surface area contributed by atoms with Crippen molar-refractivity contribution in [2.45, 2.75) is 57.7 Å². The van der Waals surface area contributed by atoms with E-state index in [0.717, 1.165) is 0 Å². The van der Waals surface area contributed by atoms with Crippen LogP contribution in [0.15, 0.2) is 30.3 Å². The van der Waals surface area contributed by atoms with Crippen molar-refractivity contribution < 1.29 is 0 Å². The molecular weight excluding hydrogens is 228 g/mol. The van der Waals surface area contributed by atoms with Crippen LogP contribution in [0.5, 0.6) is 0 Å². The van der Waals surface area contributed by atoms with Gasteiger partial charge in [0.15, 0.2) is 0 Å². The van der Waals surface area contributed by atoms with E-state index in [4.69, 9.17) is 11.6 Å². The molecule has 0 aliphatic carbocycles. The Balaban J connectivity index is 2.25. The van der Waals surface area contributed by atoms with E-state index in [1.54, 1.807) is 0 Å². The standard InChI is InChI=1S/C16H25Cl/c1-3-4-5-6-8-11-14(2)16(17)15-12-9-7-10-13-15/h7,9-10,12-14,16H,3-6,8,11H2,1-2H3. The van der Waals surface area contributed by atoms with E-state index in [-0.39, 0.29) is 5.38 Å². The van der Waals surface area contributed by atoms with Crippen molar-refractivity contribution in [1.82, 2.24) is 0 Å². The minimum atomic E-state index is 0.169. The van der Waals surface area contributed by atoms with E-state index < -0.39 is 0 Å². The Kier molecular flexibility index (Phi) is 7.35. The van der Waals surface area contributed by atoms with E-state index in [0.29, 0.717) is 5.92 Å². The maximum Gasteiger partial charge on any atom is 0.0610 e. The molecule has 2 unspecified atom stereocenters. The minimum absolute atomic E-state index is 0.169. The Morgan fingerprint density at radius 2 is 1.65 bits per heavy atom. The van der Waals surface area contributed by atoms with Gasteiger partial charge in [0.2, 0.25) is 0 Å². The molecule has 1 aromatic rings. The third-order valence-corrected chi connectivity index (χ3v) is 4.06. The summed E-state index contributed by atoms with van der Waals surface area (Å²) in [5.74, 6) is 0.570. The fraction of sp³-hybridized carbons (Fsp3) is 0.625. The lowest BCUT2D eigenvalue weighted by molar-refractivity contribution is 0.473. The van der Waals surface area contributed by atoms with Crippen molar-refractivity contribution in [3.63, 3.8) is 0 Å². The van der Waals surface area contributed by atoms with Gasteiger partial charge in [0.25, 0.3) is 0 Å². The van der Waals surface area contributed by atoms with E-state index in [2.05, 4.69) is 38.1 Å². The molecule has 1 heteroatoms. The van der Waals surface area contributed by atoms with Gasteiger partial charge in [-0.3, -0.25) is 0 Å². The van der Waals surface area contributed by atoms with Gasteiger partial charge >= 0.3 is 0 Å². The summed E-state index contributed by atoms with van der Waals surface area (Å²) in [5, 5.41) is 0.169. The molecule has 17 heavy (non-hydrogen) atoms. The smallest absolute Gasteiger partial charge is 0.0610 e. The summed E-state index contributed by atoms with van der Waals surface area (Å²) >= 11 is 6.50. The molecule has 1 aromatic carbocycles. The number of alkyl halides is 1. The van der Waals surface area contributed by atoms with Gasteiger partial charge in [-0.2, -0.15) is 0 Å². The maximum atomic E-state index is 6.50. The lowest BCUT2D eigenvalue weighted by Crippen LogP contribution is -2.03. The molecule has 0 bridgehead atoms. The zero-order valence-corrected chi connectivity index (χ0v) is 11.9. The molecule has 0 nitrogen and oxygen atoms in total. The summed E-state index contributed by atoms with van der Waals surface area (Å²) < 4.78 is 0. The van der Waals surface area contributed by atoms with E-state index >= 15 is 0 Å². The largest absolute Gasteiger partial charge is 0.118 e. The van der Waals surface area contributed by atoms with E-state index in [9.17, 15) is 0 Å². The van der Waals surface area contributed by atoms with Gasteiger partial charge in [0.05, 0.1) is 5.38 Å². The van der Waals surface area contributed by atoms with Crippen LogP contribution in [0.1, 0.15) is 63.3 Å². The molecule has 0 saturated heterocycles. The SMILES string of the molecule is CCCCCCCC(C)C(Cl)c1ccccc1. The zero-order chi connectivity index (χ0) is 12.5. The van der Waals surface area contributed by atoms with Crippen LogP contribution in [0.3, 0.4) is 0 Å². The highest BCUT2D eigenvalue weighted by molar-refractivity contribution is 6.20. The quantitative estimate of drug-likeness (QED) is 0.395. The number of unbranched alkanes of at least 4 members (excludes halogenated alkanes) is 4. The predicted octanol–water partition coefficient (Wildman–Crippen LogP) is 5.96. The van der Waals surface area contributed by atoms with Gasteiger partial charge in [-0.1, -0.05) is 76.3 Å². The van der Waals surface area contributed by atoms with Crippen molar-refractivity contribution in [3.8, 4) is 0 Å². The fourth-order valence-electron chi connectivity index (χ4n) is 2.18. The molecule has 1 rings (SSSR count). The molecule has 0 aliphatic rings. The van der Waals surface area contributed by atoms with Crippen LogP contribution >= 0.6 is 11.6 Å². The topological polar surface area (TPSA) is 0 Å². The number of hydrogen-bond acceptors (Lipinski definition) is 0. The van der Waals surface area contributed by atoms with Gasteiger partial charge < -0.3 is 0 Å². The molecule has 0 amide bonds. The molecule has 2 atom stereocenters. The monoisotopic (exact) mass is 252 g/mol. The van der Waals surface area contributed by atoms with Crippen LogP contribution in [0.25, 0.3) is 0 Å². The second-order valence-corrected chi connectivity index (χ2v) is 5.46. The molecule has 0 heterocycles. The Bertz CT molecular complexity index is 281. The third kappa shape index (κ3) is 5.59. The minimum Gasteiger partial charge on any atom is -0.118 e. The summed E-state index contributed by atoms with van der Waals surface area (Å²) in [5.41, 5.74) is 1.26. The van der Waals surface area contributed by atoms with Crippen LogP contribution in [-0.4, -0.2) is 0 Å². The lowest BCUT2D eigenvalue weighted by atomic mass is 9.94. The summed E-state index contributed by atoms with van der Waals surface area (Å²) in [7, 11) is 0. The second-order valence-electron chi connectivity index (χ2n) is 4.99. The normalized spacial score (nSPS) is 14.5. The van der Waals surface area contributed by atoms with Gasteiger partial charge in [-0.15, -0.1) is 11.6 Å². The molecule has 0 fully saturated rings. The van der Waals surface area contributed by atoms with Gasteiger partial charge in [-0.25, -0.2) is 0 Å². The molecule has 0 saturated carbocycles. The zero-order valence-electron chi connectivity index (χ0n) is 11.2. The van der Waals surface area contributed by atoms with Gasteiger partial charge in [0, 0.05) is 0 Å². The third-order valence-electron chi connectivity index (χ3n) is 3.38. The molecular formula is C16H25Cl. The Labute approximate surface area is 111 Å². The van der Waals surface area contributed by atoms with Crippen molar-refractivity contribution >= 4 is 11.6 Å². The number of halogens is 1. The highest BCUT2D eigenvalue weighted by atomic mass is 35.5. The predicted molar refractivity (Wildman–Crippen MR) is 77.6 cm³/mol. The Morgan fingerprint density at radius 1 is 1.00 bits per heavy atom. The summed E-state index contributed by atoms with van der Waals surface area (Å²) in [6, 6.07) is 10.4. The summed E-state index contributed by atoms with van der Waals surface area (Å²) in [6.07, 6.45) is 7.98. The van der Waals surface area contributed by atoms with Crippen molar-refractivity contribution in [2.75, 3.05) is 0 Å². The van der Waals surface area contributed by atoms with Gasteiger partial charge in [0.1, 0.15) is 0 Å². The number of hydrogen-bond donors (Lipinski definition) is 0. The fourth-order valence-corrected chi connectivity index (χ4v) is 2.45. The second kappa shape index (κ2) is 8.58.